The van der Waals surface area contributed by atoms with Crippen LogP contribution in [0.4, 0.5) is 0 Å². The maximum absolute atomic E-state index is 12.6. The minimum atomic E-state index is -0.0903. The van der Waals surface area contributed by atoms with Gasteiger partial charge in [0.25, 0.3) is 5.91 Å². The molecule has 0 aliphatic carbocycles. The number of amides is 1. The first kappa shape index (κ1) is 16.3. The monoisotopic (exact) mass is 327 g/mol. The Hall–Kier alpha value is -2.60. The molecule has 1 N–H and O–H groups in total. The maximum atomic E-state index is 12.6. The Morgan fingerprint density at radius 2 is 1.96 bits per heavy atom. The number of ether oxygens (including phenoxy) is 1. The Balaban J connectivity index is 1.57. The first-order valence-corrected chi connectivity index (χ1v) is 7.99. The summed E-state index contributed by atoms with van der Waals surface area (Å²) in [6.07, 6.45) is 1.75. The minimum absolute atomic E-state index is 0.0394. The zero-order chi connectivity index (χ0) is 16.9. The molecule has 0 saturated carbocycles. The van der Waals surface area contributed by atoms with Crippen molar-refractivity contribution in [3.63, 3.8) is 0 Å². The molecule has 1 aromatic heterocycles. The molecule has 2 aromatic rings. The molecule has 3 rings (SSSR count). The van der Waals surface area contributed by atoms with Crippen LogP contribution in [0.5, 0.6) is 5.75 Å². The van der Waals surface area contributed by atoms with Gasteiger partial charge >= 0.3 is 0 Å². The van der Waals surface area contributed by atoms with E-state index in [4.69, 9.17) is 4.74 Å². The number of methoxy groups -OCH3 is 1. The largest absolute Gasteiger partial charge is 0.497 e. The second kappa shape index (κ2) is 7.31. The van der Waals surface area contributed by atoms with E-state index in [2.05, 4.69) is 9.88 Å². The number of H-pyrrole nitrogens is 1. The molecule has 0 spiro atoms. The van der Waals surface area contributed by atoms with Crippen LogP contribution in [0.1, 0.15) is 15.9 Å². The number of hydrogen-bond acceptors (Lipinski definition) is 4. The smallest absolute Gasteiger partial charge is 0.254 e. The lowest BCUT2D eigenvalue weighted by Crippen LogP contribution is -2.48. The molecule has 1 fully saturated rings. The van der Waals surface area contributed by atoms with E-state index < -0.39 is 0 Å². The van der Waals surface area contributed by atoms with Gasteiger partial charge < -0.3 is 14.6 Å². The van der Waals surface area contributed by atoms with E-state index in [1.807, 2.05) is 29.2 Å². The van der Waals surface area contributed by atoms with Crippen molar-refractivity contribution in [3.05, 3.63) is 64.1 Å². The Morgan fingerprint density at radius 3 is 2.62 bits per heavy atom. The Bertz CT molecular complexity index is 744. The number of carbonyl (C=O) groups is 1. The second-order valence-corrected chi connectivity index (χ2v) is 5.86. The summed E-state index contributed by atoms with van der Waals surface area (Å²) in [5, 5.41) is 0. The summed E-state index contributed by atoms with van der Waals surface area (Å²) >= 11 is 0. The first-order chi connectivity index (χ1) is 11.7. The molecular formula is C18H21N3O3. The zero-order valence-electron chi connectivity index (χ0n) is 13.7. The number of nitrogens with one attached hydrogen (secondary N) is 1. The fraction of sp³-hybridized carbons (Fsp3) is 0.333. The average Bonchev–Trinajstić information content (AvgIpc) is 2.64. The van der Waals surface area contributed by atoms with Gasteiger partial charge in [0.05, 0.1) is 7.11 Å². The topological polar surface area (TPSA) is 65.6 Å². The summed E-state index contributed by atoms with van der Waals surface area (Å²) in [4.78, 5) is 30.5. The van der Waals surface area contributed by atoms with E-state index in [1.54, 1.807) is 19.4 Å². The Kier molecular flexibility index (Phi) is 4.96. The van der Waals surface area contributed by atoms with E-state index >= 15 is 0 Å². The lowest BCUT2D eigenvalue weighted by atomic mass is 10.1. The predicted molar refractivity (Wildman–Crippen MR) is 91.2 cm³/mol. The molecule has 126 valence electrons. The molecule has 0 bridgehead atoms. The second-order valence-electron chi connectivity index (χ2n) is 5.86. The van der Waals surface area contributed by atoms with Gasteiger partial charge in [0.1, 0.15) is 5.75 Å². The highest BCUT2D eigenvalue weighted by Crippen LogP contribution is 2.16. The van der Waals surface area contributed by atoms with Crippen LogP contribution in [0.3, 0.4) is 0 Å². The van der Waals surface area contributed by atoms with Crippen LogP contribution < -0.4 is 10.3 Å². The van der Waals surface area contributed by atoms with Gasteiger partial charge in [-0.1, -0.05) is 12.1 Å². The molecule has 1 aromatic carbocycles. The van der Waals surface area contributed by atoms with Gasteiger partial charge in [-0.05, 0) is 23.8 Å². The number of carbonyl (C=O) groups excluding carboxylic acids is 1. The number of piperazine rings is 1. The van der Waals surface area contributed by atoms with Crippen molar-refractivity contribution in [1.82, 2.24) is 14.8 Å². The predicted octanol–water partition coefficient (Wildman–Crippen LogP) is 1.34. The Morgan fingerprint density at radius 1 is 1.17 bits per heavy atom. The van der Waals surface area contributed by atoms with Crippen LogP contribution in [-0.4, -0.2) is 54.0 Å². The van der Waals surface area contributed by atoms with Crippen molar-refractivity contribution in [2.75, 3.05) is 33.3 Å². The van der Waals surface area contributed by atoms with E-state index in [1.165, 1.54) is 6.07 Å². The van der Waals surface area contributed by atoms with Crippen LogP contribution >= 0.6 is 0 Å². The number of nitrogens with zero attached hydrogens (tertiary/aromatic N) is 2. The van der Waals surface area contributed by atoms with E-state index in [-0.39, 0.29) is 11.5 Å². The lowest BCUT2D eigenvalue weighted by Gasteiger charge is -2.34. The maximum Gasteiger partial charge on any atom is 0.254 e. The minimum Gasteiger partial charge on any atom is -0.497 e. The van der Waals surface area contributed by atoms with Crippen LogP contribution in [-0.2, 0) is 6.54 Å². The normalized spacial score (nSPS) is 15.3. The molecule has 1 aliphatic rings. The highest BCUT2D eigenvalue weighted by Gasteiger charge is 2.22. The van der Waals surface area contributed by atoms with Crippen LogP contribution in [0.25, 0.3) is 0 Å². The van der Waals surface area contributed by atoms with Gasteiger partial charge in [-0.15, -0.1) is 0 Å². The van der Waals surface area contributed by atoms with Gasteiger partial charge in [-0.25, -0.2) is 0 Å². The number of pyridine rings is 1. The molecule has 6 nitrogen and oxygen atoms in total. The SMILES string of the molecule is COc1cccc(C(=O)N2CCN(Cc3ccc(=O)[nH]c3)CC2)c1. The first-order valence-electron chi connectivity index (χ1n) is 7.99. The van der Waals surface area contributed by atoms with Crippen LogP contribution in [0.2, 0.25) is 0 Å². The lowest BCUT2D eigenvalue weighted by molar-refractivity contribution is 0.0628. The molecular weight excluding hydrogens is 306 g/mol. The molecule has 24 heavy (non-hydrogen) atoms. The number of benzene rings is 1. The summed E-state index contributed by atoms with van der Waals surface area (Å²) in [5.41, 5.74) is 1.64. The molecule has 1 amide bonds. The van der Waals surface area contributed by atoms with Gasteiger partial charge in [-0.2, -0.15) is 0 Å². The molecule has 0 atom stereocenters. The molecule has 2 heterocycles. The number of rotatable bonds is 4. The molecule has 6 heteroatoms. The number of aromatic nitrogens is 1. The Labute approximate surface area is 140 Å². The third-order valence-corrected chi connectivity index (χ3v) is 4.23. The van der Waals surface area contributed by atoms with Crippen molar-refractivity contribution in [2.24, 2.45) is 0 Å². The average molecular weight is 327 g/mol. The van der Waals surface area contributed by atoms with Crippen molar-refractivity contribution >= 4 is 5.91 Å². The molecule has 0 radical (unpaired) electrons. The van der Waals surface area contributed by atoms with E-state index in [0.29, 0.717) is 24.4 Å². The molecule has 1 aliphatic heterocycles. The quantitative estimate of drug-likeness (QED) is 0.920. The summed E-state index contributed by atoms with van der Waals surface area (Å²) in [6.45, 7) is 3.79. The summed E-state index contributed by atoms with van der Waals surface area (Å²) in [7, 11) is 1.60. The summed E-state index contributed by atoms with van der Waals surface area (Å²) in [5.74, 6) is 0.732. The summed E-state index contributed by atoms with van der Waals surface area (Å²) < 4.78 is 5.18. The van der Waals surface area contributed by atoms with Gasteiger partial charge in [0, 0.05) is 50.6 Å². The van der Waals surface area contributed by atoms with Crippen molar-refractivity contribution in [1.29, 1.82) is 0 Å². The van der Waals surface area contributed by atoms with Crippen molar-refractivity contribution in [2.45, 2.75) is 6.54 Å². The third kappa shape index (κ3) is 3.83. The van der Waals surface area contributed by atoms with Crippen LogP contribution in [0, 0.1) is 0 Å². The fourth-order valence-corrected chi connectivity index (χ4v) is 2.85. The van der Waals surface area contributed by atoms with Crippen molar-refractivity contribution < 1.29 is 9.53 Å². The van der Waals surface area contributed by atoms with Gasteiger partial charge in [-0.3, -0.25) is 14.5 Å². The molecule has 1 saturated heterocycles. The number of aromatic amines is 1. The van der Waals surface area contributed by atoms with E-state index in [0.717, 1.165) is 25.2 Å². The highest BCUT2D eigenvalue weighted by molar-refractivity contribution is 5.94. The fourth-order valence-electron chi connectivity index (χ4n) is 2.85. The highest BCUT2D eigenvalue weighted by atomic mass is 16.5. The number of hydrogen-bond donors (Lipinski definition) is 1. The zero-order valence-corrected chi connectivity index (χ0v) is 13.7. The summed E-state index contributed by atoms with van der Waals surface area (Å²) in [6, 6.07) is 10.6. The van der Waals surface area contributed by atoms with Crippen LogP contribution in [0.15, 0.2) is 47.4 Å². The standard InChI is InChI=1S/C18H21N3O3/c1-24-16-4-2-3-15(11-16)18(23)21-9-7-20(8-10-21)13-14-5-6-17(22)19-12-14/h2-6,11-12H,7-10,13H2,1H3,(H,19,22). The molecule has 0 unspecified atom stereocenters. The van der Waals surface area contributed by atoms with Gasteiger partial charge in [0.2, 0.25) is 5.56 Å². The third-order valence-electron chi connectivity index (χ3n) is 4.23. The van der Waals surface area contributed by atoms with Crippen molar-refractivity contribution in [3.8, 4) is 5.75 Å². The van der Waals surface area contributed by atoms with E-state index in [9.17, 15) is 9.59 Å². The van der Waals surface area contributed by atoms with Gasteiger partial charge in [0.15, 0.2) is 0 Å².